The van der Waals surface area contributed by atoms with Crippen LogP contribution < -0.4 is 10.1 Å². The smallest absolute Gasteiger partial charge is 0.269 e. The number of hydrogen-bond donors (Lipinski definition) is 1. The summed E-state index contributed by atoms with van der Waals surface area (Å²) >= 11 is 1.48. The van der Waals surface area contributed by atoms with Gasteiger partial charge in [0.1, 0.15) is 16.8 Å². The van der Waals surface area contributed by atoms with Crippen molar-refractivity contribution in [1.82, 2.24) is 0 Å². The molecule has 0 bridgehead atoms. The third-order valence-electron chi connectivity index (χ3n) is 4.73. The number of nitro groups is 1. The highest BCUT2D eigenvalue weighted by molar-refractivity contribution is 7.16. The molecule has 0 saturated heterocycles. The lowest BCUT2D eigenvalue weighted by atomic mass is 9.86. The van der Waals surface area contributed by atoms with Crippen LogP contribution in [0, 0.1) is 27.4 Å². The van der Waals surface area contributed by atoms with Gasteiger partial charge in [0.2, 0.25) is 0 Å². The zero-order valence-electron chi connectivity index (χ0n) is 14.9. The highest BCUT2D eigenvalue weighted by Gasteiger charge is 2.25. The van der Waals surface area contributed by atoms with Gasteiger partial charge in [-0.25, -0.2) is 0 Å². The Hall–Kier alpha value is -2.92. The minimum Gasteiger partial charge on any atom is -0.484 e. The number of benzene rings is 1. The van der Waals surface area contributed by atoms with E-state index in [1.54, 1.807) is 0 Å². The predicted octanol–water partition coefficient (Wildman–Crippen LogP) is 4.06. The van der Waals surface area contributed by atoms with Crippen LogP contribution in [-0.4, -0.2) is 17.4 Å². The Kier molecular flexibility index (Phi) is 5.72. The third kappa shape index (κ3) is 4.26. The quantitative estimate of drug-likeness (QED) is 0.596. The molecule has 0 radical (unpaired) electrons. The molecule has 1 N–H and O–H groups in total. The SMILES string of the molecule is CC[C@@H]1CCc2c(sc(NC(=O)COc3ccc([N+](=O)[O-])cc3)c2C#N)C1. The van der Waals surface area contributed by atoms with Crippen LogP contribution in [0.3, 0.4) is 0 Å². The van der Waals surface area contributed by atoms with Gasteiger partial charge in [-0.3, -0.25) is 14.9 Å². The molecule has 0 unspecified atom stereocenters. The van der Waals surface area contributed by atoms with Gasteiger partial charge in [-0.15, -0.1) is 11.3 Å². The number of nitro benzene ring substituents is 1. The Labute approximate surface area is 160 Å². The molecule has 1 aromatic carbocycles. The van der Waals surface area contributed by atoms with Crippen LogP contribution in [0.1, 0.15) is 35.8 Å². The number of thiophene rings is 1. The molecule has 1 amide bonds. The number of nitrogens with one attached hydrogen (secondary N) is 1. The molecule has 27 heavy (non-hydrogen) atoms. The van der Waals surface area contributed by atoms with Gasteiger partial charge in [-0.05, 0) is 42.9 Å². The second-order valence-corrected chi connectivity index (χ2v) is 7.53. The van der Waals surface area contributed by atoms with E-state index in [0.29, 0.717) is 22.2 Å². The van der Waals surface area contributed by atoms with Crippen molar-refractivity contribution in [2.75, 3.05) is 11.9 Å². The molecule has 0 fully saturated rings. The van der Waals surface area contributed by atoms with Crippen molar-refractivity contribution >= 4 is 27.9 Å². The topological polar surface area (TPSA) is 105 Å². The molecule has 1 aromatic heterocycles. The number of nitrogens with zero attached hydrogens (tertiary/aromatic N) is 2. The summed E-state index contributed by atoms with van der Waals surface area (Å²) in [5, 5.41) is 23.5. The van der Waals surface area contributed by atoms with Crippen molar-refractivity contribution in [3.63, 3.8) is 0 Å². The van der Waals surface area contributed by atoms with Gasteiger partial charge in [-0.2, -0.15) is 5.26 Å². The molecule has 8 heteroatoms. The summed E-state index contributed by atoms with van der Waals surface area (Å²) in [5.41, 5.74) is 1.59. The van der Waals surface area contributed by atoms with Crippen LogP contribution >= 0.6 is 11.3 Å². The van der Waals surface area contributed by atoms with Crippen LogP contribution in [0.5, 0.6) is 5.75 Å². The van der Waals surface area contributed by atoms with Crippen LogP contribution in [-0.2, 0) is 17.6 Å². The Balaban J connectivity index is 1.63. The molecule has 2 aromatic rings. The number of fused-ring (bicyclic) bond motifs is 1. The summed E-state index contributed by atoms with van der Waals surface area (Å²) in [6.07, 6.45) is 4.03. The first kappa shape index (κ1) is 18.9. The van der Waals surface area contributed by atoms with Gasteiger partial charge < -0.3 is 10.1 Å². The Morgan fingerprint density at radius 3 is 2.81 bits per heavy atom. The van der Waals surface area contributed by atoms with E-state index < -0.39 is 4.92 Å². The summed E-state index contributed by atoms with van der Waals surface area (Å²) in [6, 6.07) is 7.75. The van der Waals surface area contributed by atoms with Crippen molar-refractivity contribution in [3.05, 3.63) is 50.4 Å². The molecule has 0 spiro atoms. The van der Waals surface area contributed by atoms with Crippen molar-refractivity contribution < 1.29 is 14.5 Å². The number of non-ortho nitro benzene ring substituents is 1. The van der Waals surface area contributed by atoms with Crippen molar-refractivity contribution in [2.45, 2.75) is 32.6 Å². The van der Waals surface area contributed by atoms with Gasteiger partial charge in [0.25, 0.3) is 11.6 Å². The number of rotatable bonds is 6. The lowest BCUT2D eigenvalue weighted by molar-refractivity contribution is -0.384. The molecule has 1 heterocycles. The number of anilines is 1. The molecule has 3 rings (SSSR count). The molecular weight excluding hydrogens is 366 g/mol. The van der Waals surface area contributed by atoms with Crippen LogP contribution in [0.4, 0.5) is 10.7 Å². The number of amides is 1. The van der Waals surface area contributed by atoms with Crippen molar-refractivity contribution in [3.8, 4) is 11.8 Å². The number of hydrogen-bond acceptors (Lipinski definition) is 6. The fraction of sp³-hybridized carbons (Fsp3) is 0.368. The van der Waals surface area contributed by atoms with E-state index in [2.05, 4.69) is 18.3 Å². The standard InChI is InChI=1S/C19H19N3O4S/c1-2-12-3-8-15-16(10-20)19(27-17(15)9-12)21-18(23)11-26-14-6-4-13(5-7-14)22(24)25/h4-7,12H,2-3,8-9,11H2,1H3,(H,21,23)/t12-/m1/s1. The molecular formula is C19H19N3O4S. The highest BCUT2D eigenvalue weighted by atomic mass is 32.1. The molecule has 1 atom stereocenters. The third-order valence-corrected chi connectivity index (χ3v) is 5.90. The van der Waals surface area contributed by atoms with Gasteiger partial charge in [0, 0.05) is 17.0 Å². The minimum absolute atomic E-state index is 0.0417. The van der Waals surface area contributed by atoms with Gasteiger partial charge >= 0.3 is 0 Å². The van der Waals surface area contributed by atoms with Gasteiger partial charge in [0.15, 0.2) is 6.61 Å². The summed E-state index contributed by atoms with van der Waals surface area (Å²) in [4.78, 5) is 23.5. The lowest BCUT2D eigenvalue weighted by Crippen LogP contribution is -2.20. The average molecular weight is 385 g/mol. The molecule has 7 nitrogen and oxygen atoms in total. The van der Waals surface area contributed by atoms with E-state index in [1.807, 2.05) is 0 Å². The Bertz CT molecular complexity index is 899. The van der Waals surface area contributed by atoms with Crippen LogP contribution in [0.15, 0.2) is 24.3 Å². The summed E-state index contributed by atoms with van der Waals surface area (Å²) in [7, 11) is 0. The molecule has 140 valence electrons. The second kappa shape index (κ2) is 8.18. The number of carbonyl (C=O) groups excluding carboxylic acids is 1. The average Bonchev–Trinajstić information content (AvgIpc) is 3.02. The first-order chi connectivity index (χ1) is 13.0. The van der Waals surface area contributed by atoms with Crippen LogP contribution in [0.25, 0.3) is 0 Å². The first-order valence-electron chi connectivity index (χ1n) is 8.73. The number of carbonyl (C=O) groups is 1. The lowest BCUT2D eigenvalue weighted by Gasteiger charge is -2.20. The first-order valence-corrected chi connectivity index (χ1v) is 9.55. The van der Waals surface area contributed by atoms with Crippen molar-refractivity contribution in [1.29, 1.82) is 5.26 Å². The number of ether oxygens (including phenoxy) is 1. The number of nitriles is 1. The Morgan fingerprint density at radius 2 is 2.19 bits per heavy atom. The largest absolute Gasteiger partial charge is 0.484 e. The monoisotopic (exact) mass is 385 g/mol. The fourth-order valence-electron chi connectivity index (χ4n) is 3.18. The van der Waals surface area contributed by atoms with Crippen molar-refractivity contribution in [2.24, 2.45) is 5.92 Å². The predicted molar refractivity (Wildman–Crippen MR) is 102 cm³/mol. The zero-order chi connectivity index (χ0) is 19.4. The fourth-order valence-corrected chi connectivity index (χ4v) is 4.51. The highest BCUT2D eigenvalue weighted by Crippen LogP contribution is 2.39. The maximum Gasteiger partial charge on any atom is 0.269 e. The molecule has 1 aliphatic carbocycles. The second-order valence-electron chi connectivity index (χ2n) is 6.42. The van der Waals surface area contributed by atoms with Gasteiger partial charge in [-0.1, -0.05) is 13.3 Å². The molecule has 1 aliphatic rings. The van der Waals surface area contributed by atoms with E-state index in [0.717, 1.165) is 31.2 Å². The van der Waals surface area contributed by atoms with Gasteiger partial charge in [0.05, 0.1) is 10.5 Å². The zero-order valence-corrected chi connectivity index (χ0v) is 15.7. The summed E-state index contributed by atoms with van der Waals surface area (Å²) < 4.78 is 5.37. The summed E-state index contributed by atoms with van der Waals surface area (Å²) in [5.74, 6) is 0.639. The van der Waals surface area contributed by atoms with E-state index in [4.69, 9.17) is 4.74 Å². The molecule has 0 saturated carbocycles. The maximum absolute atomic E-state index is 12.2. The maximum atomic E-state index is 12.2. The van der Waals surface area contributed by atoms with E-state index >= 15 is 0 Å². The van der Waals surface area contributed by atoms with E-state index in [-0.39, 0.29) is 18.2 Å². The normalized spacial score (nSPS) is 15.5. The van der Waals surface area contributed by atoms with E-state index in [1.165, 1.54) is 40.5 Å². The van der Waals surface area contributed by atoms with E-state index in [9.17, 15) is 20.2 Å². The Morgan fingerprint density at radius 1 is 1.44 bits per heavy atom. The van der Waals surface area contributed by atoms with Crippen LogP contribution in [0.2, 0.25) is 0 Å². The molecule has 0 aliphatic heterocycles. The summed E-state index contributed by atoms with van der Waals surface area (Å²) in [6.45, 7) is 1.94. The minimum atomic E-state index is -0.498.